The van der Waals surface area contributed by atoms with Gasteiger partial charge in [-0.3, -0.25) is 29.1 Å². The Morgan fingerprint density at radius 2 is 1.74 bits per heavy atom. The standard InChI is InChI=1S/C26H23N3O7S2/c1-3-36-25(33)14-4-8-15(9-5-14)27-17(30)12-29-24-21(38-26(29)34)18(13-6-10-16(35-2)11-7-13)19-20(37-24)23(32)28-22(19)31/h4-11,18-20H,3,12H2,1-2H3,(H,27,30)(H,28,31,32)/t18-,19?,20?/m0/s1. The van der Waals surface area contributed by atoms with Crippen LogP contribution in [0.25, 0.3) is 0 Å². The van der Waals surface area contributed by atoms with E-state index < -0.39 is 34.9 Å². The number of esters is 1. The molecule has 0 spiro atoms. The third kappa shape index (κ3) is 4.72. The zero-order valence-electron chi connectivity index (χ0n) is 20.4. The second-order valence-electron chi connectivity index (χ2n) is 8.64. The van der Waals surface area contributed by atoms with E-state index in [1.807, 2.05) is 12.1 Å². The maximum Gasteiger partial charge on any atom is 0.338 e. The van der Waals surface area contributed by atoms with Gasteiger partial charge in [0.2, 0.25) is 17.7 Å². The molecular formula is C26H23N3O7S2. The number of thiazole rings is 1. The Balaban J connectivity index is 1.43. The summed E-state index contributed by atoms with van der Waals surface area (Å²) in [6.07, 6.45) is 0. The van der Waals surface area contributed by atoms with E-state index in [9.17, 15) is 24.0 Å². The van der Waals surface area contributed by atoms with Crippen molar-refractivity contribution in [2.45, 2.75) is 29.7 Å². The summed E-state index contributed by atoms with van der Waals surface area (Å²) >= 11 is 2.11. The summed E-state index contributed by atoms with van der Waals surface area (Å²) in [4.78, 5) is 63.5. The zero-order valence-corrected chi connectivity index (χ0v) is 22.0. The average Bonchev–Trinajstić information content (AvgIpc) is 3.37. The highest BCUT2D eigenvalue weighted by Crippen LogP contribution is 2.51. The molecule has 10 nitrogen and oxygen atoms in total. The number of benzene rings is 2. The maximum absolute atomic E-state index is 13.1. The number of anilines is 1. The number of thioether (sulfide) groups is 1. The van der Waals surface area contributed by atoms with Gasteiger partial charge in [-0.25, -0.2) is 4.79 Å². The van der Waals surface area contributed by atoms with Gasteiger partial charge in [0.1, 0.15) is 17.5 Å². The lowest BCUT2D eigenvalue weighted by atomic mass is 9.83. The number of imide groups is 1. The number of aromatic nitrogens is 1. The quantitative estimate of drug-likeness (QED) is 0.337. The molecule has 2 aliphatic rings. The first-order valence-corrected chi connectivity index (χ1v) is 13.5. The number of nitrogens with zero attached hydrogens (tertiary/aromatic N) is 1. The molecule has 2 N–H and O–H groups in total. The molecule has 38 heavy (non-hydrogen) atoms. The summed E-state index contributed by atoms with van der Waals surface area (Å²) in [5.41, 5.74) is 1.57. The summed E-state index contributed by atoms with van der Waals surface area (Å²) in [5.74, 6) is -2.26. The molecule has 1 saturated heterocycles. The molecular weight excluding hydrogens is 530 g/mol. The third-order valence-corrected chi connectivity index (χ3v) is 8.96. The molecule has 1 fully saturated rings. The van der Waals surface area contributed by atoms with Gasteiger partial charge in [-0.2, -0.15) is 0 Å². The van der Waals surface area contributed by atoms with Gasteiger partial charge in [-0.05, 0) is 48.9 Å². The second kappa shape index (κ2) is 10.5. The zero-order chi connectivity index (χ0) is 27.0. The summed E-state index contributed by atoms with van der Waals surface area (Å²) in [7, 11) is 1.55. The predicted molar refractivity (Wildman–Crippen MR) is 141 cm³/mol. The van der Waals surface area contributed by atoms with E-state index in [-0.39, 0.29) is 23.9 Å². The van der Waals surface area contributed by atoms with Gasteiger partial charge in [-0.15, -0.1) is 0 Å². The number of carbonyl (C=O) groups excluding carboxylic acids is 4. The minimum atomic E-state index is -0.721. The molecule has 3 atom stereocenters. The lowest BCUT2D eigenvalue weighted by molar-refractivity contribution is -0.126. The smallest absolute Gasteiger partial charge is 0.338 e. The van der Waals surface area contributed by atoms with Crippen LogP contribution in [-0.2, 0) is 25.7 Å². The molecule has 196 valence electrons. The Morgan fingerprint density at radius 1 is 1.03 bits per heavy atom. The fourth-order valence-electron chi connectivity index (χ4n) is 4.59. The van der Waals surface area contributed by atoms with E-state index in [1.165, 1.54) is 16.7 Å². The SMILES string of the molecule is CCOC(=O)c1ccc(NC(=O)Cn2c3c(sc2=O)[C@@H](c2ccc(OC)cc2)C2C(=O)NC(=O)C2S3)cc1. The lowest BCUT2D eigenvalue weighted by Crippen LogP contribution is -2.32. The number of ether oxygens (including phenoxy) is 2. The van der Waals surface area contributed by atoms with Crippen LogP contribution in [0.15, 0.2) is 58.4 Å². The Kier molecular flexibility index (Phi) is 7.09. The van der Waals surface area contributed by atoms with Crippen LogP contribution in [0.1, 0.15) is 33.6 Å². The van der Waals surface area contributed by atoms with E-state index in [4.69, 9.17) is 9.47 Å². The third-order valence-electron chi connectivity index (χ3n) is 6.34. The van der Waals surface area contributed by atoms with Gasteiger partial charge in [0.05, 0.1) is 30.2 Å². The van der Waals surface area contributed by atoms with Gasteiger partial charge in [0.25, 0.3) is 0 Å². The molecule has 2 unspecified atom stereocenters. The molecule has 0 radical (unpaired) electrons. The Bertz CT molecular complexity index is 1480. The molecule has 0 aliphatic carbocycles. The Morgan fingerprint density at radius 3 is 2.39 bits per heavy atom. The van der Waals surface area contributed by atoms with Crippen molar-refractivity contribution in [3.63, 3.8) is 0 Å². The van der Waals surface area contributed by atoms with Gasteiger partial charge >= 0.3 is 10.8 Å². The first-order valence-electron chi connectivity index (χ1n) is 11.8. The summed E-state index contributed by atoms with van der Waals surface area (Å²) in [5, 5.41) is 4.92. The van der Waals surface area contributed by atoms with E-state index in [2.05, 4.69) is 10.6 Å². The van der Waals surface area contributed by atoms with Gasteiger partial charge in [0.15, 0.2) is 0 Å². The van der Waals surface area contributed by atoms with Gasteiger partial charge in [-0.1, -0.05) is 35.2 Å². The highest BCUT2D eigenvalue weighted by Gasteiger charge is 2.52. The molecule has 3 heterocycles. The van der Waals surface area contributed by atoms with E-state index in [0.29, 0.717) is 26.9 Å². The number of rotatable bonds is 7. The van der Waals surface area contributed by atoms with Crippen LogP contribution in [0, 0.1) is 5.92 Å². The summed E-state index contributed by atoms with van der Waals surface area (Å²) in [6, 6.07) is 13.4. The number of amides is 3. The lowest BCUT2D eigenvalue weighted by Gasteiger charge is -2.30. The van der Waals surface area contributed by atoms with Crippen LogP contribution < -0.4 is 20.2 Å². The molecule has 2 aromatic carbocycles. The van der Waals surface area contributed by atoms with Gasteiger partial charge < -0.3 is 14.8 Å². The molecule has 0 bridgehead atoms. The monoisotopic (exact) mass is 553 g/mol. The number of methoxy groups -OCH3 is 1. The number of hydrogen-bond acceptors (Lipinski definition) is 9. The van der Waals surface area contributed by atoms with Crippen LogP contribution in [0.4, 0.5) is 5.69 Å². The van der Waals surface area contributed by atoms with Crippen LogP contribution in [-0.4, -0.2) is 47.2 Å². The minimum Gasteiger partial charge on any atom is -0.497 e. The van der Waals surface area contributed by atoms with E-state index in [1.54, 1.807) is 38.3 Å². The fraction of sp³-hybridized carbons (Fsp3) is 0.269. The van der Waals surface area contributed by atoms with E-state index in [0.717, 1.165) is 28.7 Å². The number of fused-ring (bicyclic) bond motifs is 2. The Labute approximate surface area is 225 Å². The highest BCUT2D eigenvalue weighted by molar-refractivity contribution is 8.00. The van der Waals surface area contributed by atoms with Crippen LogP contribution in [0.3, 0.4) is 0 Å². The Hall–Kier alpha value is -3.90. The molecule has 2 aliphatic heterocycles. The van der Waals surface area contributed by atoms with Crippen molar-refractivity contribution in [3.05, 3.63) is 74.2 Å². The molecule has 3 amide bonds. The van der Waals surface area contributed by atoms with Crippen LogP contribution in [0.5, 0.6) is 5.75 Å². The van der Waals surface area contributed by atoms with Crippen molar-refractivity contribution in [2.75, 3.05) is 19.0 Å². The first-order chi connectivity index (χ1) is 18.3. The average molecular weight is 554 g/mol. The molecule has 3 aromatic rings. The van der Waals surface area contributed by atoms with E-state index >= 15 is 0 Å². The topological polar surface area (TPSA) is 133 Å². The molecule has 5 rings (SSSR count). The summed E-state index contributed by atoms with van der Waals surface area (Å²) < 4.78 is 11.5. The van der Waals surface area contributed by atoms with Crippen LogP contribution in [0.2, 0.25) is 0 Å². The maximum atomic E-state index is 13.1. The van der Waals surface area contributed by atoms with Crippen molar-refractivity contribution in [3.8, 4) is 5.75 Å². The molecule has 1 aromatic heterocycles. The normalized spacial score (nSPS) is 19.8. The first kappa shape index (κ1) is 25.7. The van der Waals surface area contributed by atoms with Crippen molar-refractivity contribution < 1.29 is 28.7 Å². The fourth-order valence-corrected chi connectivity index (χ4v) is 7.33. The molecule has 12 heteroatoms. The number of nitrogens with one attached hydrogen (secondary N) is 2. The number of hydrogen-bond donors (Lipinski definition) is 2. The van der Waals surface area contributed by atoms with Crippen molar-refractivity contribution >= 4 is 52.5 Å². The van der Waals surface area contributed by atoms with Crippen LogP contribution >= 0.6 is 23.1 Å². The van der Waals surface area contributed by atoms with Crippen molar-refractivity contribution in [1.82, 2.24) is 9.88 Å². The minimum absolute atomic E-state index is 0.256. The number of carbonyl (C=O) groups is 4. The predicted octanol–water partition coefficient (Wildman–Crippen LogP) is 2.61. The second-order valence-corrected chi connectivity index (χ2v) is 10.8. The van der Waals surface area contributed by atoms with Crippen molar-refractivity contribution in [2.24, 2.45) is 5.92 Å². The van der Waals surface area contributed by atoms with Crippen molar-refractivity contribution in [1.29, 1.82) is 0 Å². The highest BCUT2D eigenvalue weighted by atomic mass is 32.2. The molecule has 0 saturated carbocycles. The largest absolute Gasteiger partial charge is 0.497 e. The van der Waals surface area contributed by atoms with Gasteiger partial charge in [0, 0.05) is 16.5 Å². The summed E-state index contributed by atoms with van der Waals surface area (Å²) in [6.45, 7) is 1.69.